The average molecular weight is 188 g/mol. The van der Waals surface area contributed by atoms with Crippen molar-refractivity contribution in [3.05, 3.63) is 36.0 Å². The van der Waals surface area contributed by atoms with Gasteiger partial charge >= 0.3 is 0 Å². The molecular formula is C11H12N2O. The summed E-state index contributed by atoms with van der Waals surface area (Å²) in [5.74, 6) is 0.491. The van der Waals surface area contributed by atoms with Gasteiger partial charge in [-0.15, -0.1) is 6.58 Å². The SMILES string of the molecule is C=C(C)CCOc1cccc(C#N)n1. The number of rotatable bonds is 4. The van der Waals surface area contributed by atoms with Crippen molar-refractivity contribution in [3.8, 4) is 11.9 Å². The van der Waals surface area contributed by atoms with Crippen LogP contribution < -0.4 is 4.74 Å². The summed E-state index contributed by atoms with van der Waals surface area (Å²) in [5.41, 5.74) is 1.44. The van der Waals surface area contributed by atoms with E-state index in [1.165, 1.54) is 0 Å². The maximum atomic E-state index is 8.59. The summed E-state index contributed by atoms with van der Waals surface area (Å²) in [6.07, 6.45) is 0.804. The summed E-state index contributed by atoms with van der Waals surface area (Å²) < 4.78 is 5.34. The molecule has 0 spiro atoms. The molecule has 0 aromatic carbocycles. The molecule has 3 nitrogen and oxygen atoms in total. The minimum absolute atomic E-state index is 0.373. The normalized spacial score (nSPS) is 9.14. The summed E-state index contributed by atoms with van der Waals surface area (Å²) in [4.78, 5) is 3.98. The van der Waals surface area contributed by atoms with Gasteiger partial charge in [-0.05, 0) is 13.0 Å². The molecule has 1 aromatic rings. The van der Waals surface area contributed by atoms with Gasteiger partial charge in [-0.25, -0.2) is 4.98 Å². The maximum Gasteiger partial charge on any atom is 0.214 e. The van der Waals surface area contributed by atoms with Crippen LogP contribution in [0.2, 0.25) is 0 Å². The molecule has 0 saturated carbocycles. The van der Waals surface area contributed by atoms with Crippen LogP contribution in [0, 0.1) is 11.3 Å². The first-order valence-electron chi connectivity index (χ1n) is 4.36. The van der Waals surface area contributed by atoms with E-state index in [-0.39, 0.29) is 0 Å². The summed E-state index contributed by atoms with van der Waals surface area (Å²) in [6, 6.07) is 7.09. The molecule has 0 radical (unpaired) electrons. The first-order chi connectivity index (χ1) is 6.72. The Kier molecular flexibility index (Phi) is 3.69. The smallest absolute Gasteiger partial charge is 0.214 e. The van der Waals surface area contributed by atoms with Crippen LogP contribution in [0.5, 0.6) is 5.88 Å². The maximum absolute atomic E-state index is 8.59. The van der Waals surface area contributed by atoms with Crippen LogP contribution in [0.4, 0.5) is 0 Å². The van der Waals surface area contributed by atoms with E-state index in [2.05, 4.69) is 11.6 Å². The highest BCUT2D eigenvalue weighted by Gasteiger charge is 1.97. The van der Waals surface area contributed by atoms with Crippen molar-refractivity contribution in [1.82, 2.24) is 4.98 Å². The number of nitrogens with zero attached hydrogens (tertiary/aromatic N) is 2. The van der Waals surface area contributed by atoms with Crippen LogP contribution in [0.1, 0.15) is 19.0 Å². The second kappa shape index (κ2) is 5.03. The number of ether oxygens (including phenoxy) is 1. The van der Waals surface area contributed by atoms with Crippen molar-refractivity contribution in [3.63, 3.8) is 0 Å². The summed E-state index contributed by atoms with van der Waals surface area (Å²) in [5, 5.41) is 8.59. The van der Waals surface area contributed by atoms with E-state index in [9.17, 15) is 0 Å². The molecule has 0 fully saturated rings. The highest BCUT2D eigenvalue weighted by molar-refractivity contribution is 5.24. The van der Waals surface area contributed by atoms with Crippen molar-refractivity contribution in [2.24, 2.45) is 0 Å². The summed E-state index contributed by atoms with van der Waals surface area (Å²) >= 11 is 0. The molecule has 1 rings (SSSR count). The predicted octanol–water partition coefficient (Wildman–Crippen LogP) is 2.30. The molecule has 14 heavy (non-hydrogen) atoms. The Morgan fingerprint density at radius 2 is 2.43 bits per heavy atom. The highest BCUT2D eigenvalue weighted by Crippen LogP contribution is 2.07. The quantitative estimate of drug-likeness (QED) is 0.681. The third-order valence-corrected chi connectivity index (χ3v) is 1.62. The van der Waals surface area contributed by atoms with Crippen molar-refractivity contribution in [1.29, 1.82) is 5.26 Å². The van der Waals surface area contributed by atoms with Crippen molar-refractivity contribution in [2.75, 3.05) is 6.61 Å². The second-order valence-corrected chi connectivity index (χ2v) is 3.03. The molecule has 0 unspecified atom stereocenters. The lowest BCUT2D eigenvalue weighted by Crippen LogP contribution is -1.99. The van der Waals surface area contributed by atoms with Gasteiger partial charge in [-0.3, -0.25) is 0 Å². The van der Waals surface area contributed by atoms with Gasteiger partial charge in [0.25, 0.3) is 0 Å². The van der Waals surface area contributed by atoms with Crippen LogP contribution in [0.25, 0.3) is 0 Å². The van der Waals surface area contributed by atoms with Gasteiger partial charge in [0.05, 0.1) is 6.61 Å². The molecule has 0 aliphatic carbocycles. The Labute approximate surface area is 83.7 Å². The Morgan fingerprint density at radius 1 is 1.64 bits per heavy atom. The van der Waals surface area contributed by atoms with Gasteiger partial charge < -0.3 is 4.74 Å². The average Bonchev–Trinajstić information content (AvgIpc) is 2.18. The van der Waals surface area contributed by atoms with Gasteiger partial charge in [0.15, 0.2) is 0 Å². The monoisotopic (exact) mass is 188 g/mol. The van der Waals surface area contributed by atoms with E-state index in [0.29, 0.717) is 18.2 Å². The molecule has 0 N–H and O–H groups in total. The Bertz CT molecular complexity index is 366. The van der Waals surface area contributed by atoms with Crippen LogP contribution in [-0.4, -0.2) is 11.6 Å². The lowest BCUT2D eigenvalue weighted by Gasteiger charge is -2.04. The molecular weight excluding hydrogens is 176 g/mol. The molecule has 0 aliphatic rings. The van der Waals surface area contributed by atoms with E-state index >= 15 is 0 Å². The lowest BCUT2D eigenvalue weighted by molar-refractivity contribution is 0.309. The summed E-state index contributed by atoms with van der Waals surface area (Å²) in [6.45, 7) is 6.27. The van der Waals surface area contributed by atoms with Crippen molar-refractivity contribution in [2.45, 2.75) is 13.3 Å². The Morgan fingerprint density at radius 3 is 3.07 bits per heavy atom. The van der Waals surface area contributed by atoms with E-state index in [4.69, 9.17) is 10.00 Å². The number of pyridine rings is 1. The molecule has 1 aromatic heterocycles. The van der Waals surface area contributed by atoms with E-state index < -0.39 is 0 Å². The largest absolute Gasteiger partial charge is 0.477 e. The Hall–Kier alpha value is -1.82. The van der Waals surface area contributed by atoms with Gasteiger partial charge in [-0.2, -0.15) is 5.26 Å². The molecule has 1 heterocycles. The molecule has 72 valence electrons. The molecule has 0 bridgehead atoms. The molecule has 0 saturated heterocycles. The van der Waals surface area contributed by atoms with Crippen molar-refractivity contribution < 1.29 is 4.74 Å². The van der Waals surface area contributed by atoms with Crippen LogP contribution in [-0.2, 0) is 0 Å². The number of hydrogen-bond donors (Lipinski definition) is 0. The highest BCUT2D eigenvalue weighted by atomic mass is 16.5. The van der Waals surface area contributed by atoms with E-state index in [1.807, 2.05) is 13.0 Å². The predicted molar refractivity (Wildman–Crippen MR) is 53.9 cm³/mol. The lowest BCUT2D eigenvalue weighted by atomic mass is 10.3. The topological polar surface area (TPSA) is 45.9 Å². The van der Waals surface area contributed by atoms with Crippen LogP contribution >= 0.6 is 0 Å². The van der Waals surface area contributed by atoms with Crippen LogP contribution in [0.3, 0.4) is 0 Å². The van der Waals surface area contributed by atoms with Crippen LogP contribution in [0.15, 0.2) is 30.4 Å². The van der Waals surface area contributed by atoms with E-state index in [1.54, 1.807) is 18.2 Å². The van der Waals surface area contributed by atoms with Crippen molar-refractivity contribution >= 4 is 0 Å². The first-order valence-corrected chi connectivity index (χ1v) is 4.36. The van der Waals surface area contributed by atoms with Gasteiger partial charge in [0, 0.05) is 12.5 Å². The third-order valence-electron chi connectivity index (χ3n) is 1.62. The third kappa shape index (κ3) is 3.28. The fourth-order valence-electron chi connectivity index (χ4n) is 0.887. The van der Waals surface area contributed by atoms with Gasteiger partial charge in [0.1, 0.15) is 11.8 Å². The second-order valence-electron chi connectivity index (χ2n) is 3.03. The summed E-state index contributed by atoms with van der Waals surface area (Å²) in [7, 11) is 0. The van der Waals surface area contributed by atoms with Gasteiger partial charge in [-0.1, -0.05) is 11.6 Å². The molecule has 0 aliphatic heterocycles. The zero-order valence-corrected chi connectivity index (χ0v) is 8.16. The fourth-order valence-corrected chi connectivity index (χ4v) is 0.887. The standard InChI is InChI=1S/C11H12N2O/c1-9(2)6-7-14-11-5-3-4-10(8-12)13-11/h3-5H,1,6-7H2,2H3. The number of hydrogen-bond acceptors (Lipinski definition) is 3. The minimum Gasteiger partial charge on any atom is -0.477 e. The number of nitriles is 1. The van der Waals surface area contributed by atoms with E-state index in [0.717, 1.165) is 12.0 Å². The van der Waals surface area contributed by atoms with Gasteiger partial charge in [0.2, 0.25) is 5.88 Å². The zero-order chi connectivity index (χ0) is 10.4. The molecule has 0 amide bonds. The zero-order valence-electron chi connectivity index (χ0n) is 8.16. The fraction of sp³-hybridized carbons (Fsp3) is 0.273. The number of aromatic nitrogens is 1. The minimum atomic E-state index is 0.373. The first kappa shape index (κ1) is 10.3. The molecule has 3 heteroatoms. The molecule has 0 atom stereocenters. The Balaban J connectivity index is 2.51.